The van der Waals surface area contributed by atoms with E-state index in [0.29, 0.717) is 12.1 Å². The van der Waals surface area contributed by atoms with Gasteiger partial charge in [-0.05, 0) is 25.8 Å². The van der Waals surface area contributed by atoms with Crippen LogP contribution >= 0.6 is 0 Å². The summed E-state index contributed by atoms with van der Waals surface area (Å²) in [5, 5.41) is 13.6. The number of carboxylic acids is 1. The molecule has 0 aliphatic heterocycles. The van der Waals surface area contributed by atoms with Gasteiger partial charge in [-0.3, -0.25) is 4.79 Å². The molecule has 1 fully saturated rings. The van der Waals surface area contributed by atoms with Gasteiger partial charge in [0, 0.05) is 29.1 Å². The van der Waals surface area contributed by atoms with Crippen molar-refractivity contribution in [2.45, 2.75) is 58.0 Å². The normalized spacial score (nSPS) is 15.5. The van der Waals surface area contributed by atoms with Gasteiger partial charge in [-0.15, -0.1) is 0 Å². The molecular formula is C19H24N2O3. The molecule has 0 atom stereocenters. The molecule has 1 aromatic heterocycles. The maximum absolute atomic E-state index is 12.5. The lowest BCUT2D eigenvalue weighted by atomic mass is 9.95. The van der Waals surface area contributed by atoms with E-state index in [-0.39, 0.29) is 24.1 Å². The van der Waals surface area contributed by atoms with Crippen molar-refractivity contribution >= 4 is 22.8 Å². The van der Waals surface area contributed by atoms with Crippen LogP contribution in [0.3, 0.4) is 0 Å². The molecule has 1 amide bonds. The fraction of sp³-hybridized carbons (Fsp3) is 0.474. The zero-order valence-corrected chi connectivity index (χ0v) is 14.0. The minimum Gasteiger partial charge on any atom is -0.477 e. The predicted octanol–water partition coefficient (Wildman–Crippen LogP) is 3.35. The molecule has 0 bridgehead atoms. The summed E-state index contributed by atoms with van der Waals surface area (Å²) >= 11 is 0. The van der Waals surface area contributed by atoms with Crippen LogP contribution in [0.15, 0.2) is 24.3 Å². The molecule has 0 saturated heterocycles. The summed E-state index contributed by atoms with van der Waals surface area (Å²) in [6.07, 6.45) is 5.70. The summed E-state index contributed by atoms with van der Waals surface area (Å²) in [6.45, 7) is 2.48. The van der Waals surface area contributed by atoms with E-state index in [1.807, 2.05) is 31.2 Å². The molecule has 2 N–H and O–H groups in total. The third kappa shape index (κ3) is 3.16. The average Bonchev–Trinajstić information content (AvgIpc) is 2.89. The van der Waals surface area contributed by atoms with Crippen molar-refractivity contribution in [1.82, 2.24) is 9.88 Å². The van der Waals surface area contributed by atoms with Crippen molar-refractivity contribution in [1.29, 1.82) is 0 Å². The number of aromatic nitrogens is 1. The summed E-state index contributed by atoms with van der Waals surface area (Å²) in [5.74, 6) is -1.06. The zero-order valence-electron chi connectivity index (χ0n) is 14.0. The monoisotopic (exact) mass is 328 g/mol. The summed E-state index contributed by atoms with van der Waals surface area (Å²) in [7, 11) is 0. The van der Waals surface area contributed by atoms with Crippen LogP contribution in [0.25, 0.3) is 10.9 Å². The Morgan fingerprint density at radius 2 is 1.92 bits per heavy atom. The van der Waals surface area contributed by atoms with Crippen molar-refractivity contribution in [3.8, 4) is 0 Å². The number of rotatable bonds is 5. The van der Waals surface area contributed by atoms with Crippen LogP contribution in [-0.2, 0) is 17.8 Å². The Labute approximate surface area is 141 Å². The predicted molar refractivity (Wildman–Crippen MR) is 93.3 cm³/mol. The van der Waals surface area contributed by atoms with Gasteiger partial charge in [0.05, 0.1) is 6.42 Å². The van der Waals surface area contributed by atoms with Gasteiger partial charge < -0.3 is 15.0 Å². The van der Waals surface area contributed by atoms with Crippen LogP contribution in [0.2, 0.25) is 0 Å². The van der Waals surface area contributed by atoms with Gasteiger partial charge in [-0.2, -0.15) is 0 Å². The van der Waals surface area contributed by atoms with E-state index in [0.717, 1.165) is 36.6 Å². The molecule has 1 saturated carbocycles. The number of nitrogens with one attached hydrogen (secondary N) is 1. The number of carboxylic acid groups (broad SMARTS) is 1. The van der Waals surface area contributed by atoms with E-state index in [2.05, 4.69) is 5.32 Å². The Hall–Kier alpha value is -2.30. The molecule has 1 aliphatic rings. The smallest absolute Gasteiger partial charge is 0.352 e. The zero-order chi connectivity index (χ0) is 17.1. The number of fused-ring (bicyclic) bond motifs is 1. The standard InChI is InChI=1S/C19H24N2O3/c1-2-21-16-11-7-6-10-14(16)15(18(21)19(23)24)12-17(22)20-13-8-4-3-5-9-13/h6-7,10-11,13H,2-5,8-9,12H2,1H3,(H,20,22)(H,23,24). The van der Waals surface area contributed by atoms with Gasteiger partial charge in [0.15, 0.2) is 0 Å². The highest BCUT2D eigenvalue weighted by Gasteiger charge is 2.24. The minimum atomic E-state index is -0.978. The number of carbonyl (C=O) groups excluding carboxylic acids is 1. The molecule has 5 heteroatoms. The molecule has 0 spiro atoms. The van der Waals surface area contributed by atoms with E-state index in [9.17, 15) is 14.7 Å². The number of aromatic carboxylic acids is 1. The maximum atomic E-state index is 12.5. The highest BCUT2D eigenvalue weighted by Crippen LogP contribution is 2.27. The molecule has 5 nitrogen and oxygen atoms in total. The van der Waals surface area contributed by atoms with Crippen LogP contribution in [0.1, 0.15) is 55.1 Å². The Kier molecular flexibility index (Phi) is 4.88. The largest absolute Gasteiger partial charge is 0.477 e. The van der Waals surface area contributed by atoms with Gasteiger partial charge in [0.25, 0.3) is 0 Å². The quantitative estimate of drug-likeness (QED) is 0.884. The number of para-hydroxylation sites is 1. The molecule has 2 aromatic rings. The van der Waals surface area contributed by atoms with E-state index < -0.39 is 5.97 Å². The Balaban J connectivity index is 1.91. The Morgan fingerprint density at radius 1 is 1.21 bits per heavy atom. The molecule has 24 heavy (non-hydrogen) atoms. The SMILES string of the molecule is CCn1c(C(=O)O)c(CC(=O)NC2CCCCC2)c2ccccc21. The molecule has 1 heterocycles. The van der Waals surface area contributed by atoms with Crippen molar-refractivity contribution in [3.05, 3.63) is 35.5 Å². The van der Waals surface area contributed by atoms with Crippen molar-refractivity contribution in [3.63, 3.8) is 0 Å². The van der Waals surface area contributed by atoms with Gasteiger partial charge in [-0.25, -0.2) is 4.79 Å². The molecule has 0 unspecified atom stereocenters. The highest BCUT2D eigenvalue weighted by atomic mass is 16.4. The summed E-state index contributed by atoms with van der Waals surface area (Å²) < 4.78 is 1.78. The van der Waals surface area contributed by atoms with Crippen LogP contribution in [0, 0.1) is 0 Å². The molecule has 3 rings (SSSR count). The summed E-state index contributed by atoms with van der Waals surface area (Å²) in [6, 6.07) is 7.83. The first-order valence-corrected chi connectivity index (χ1v) is 8.74. The third-order valence-electron chi connectivity index (χ3n) is 4.90. The molecular weight excluding hydrogens is 304 g/mol. The lowest BCUT2D eigenvalue weighted by Gasteiger charge is -2.22. The lowest BCUT2D eigenvalue weighted by molar-refractivity contribution is -0.121. The average molecular weight is 328 g/mol. The van der Waals surface area contributed by atoms with Crippen molar-refractivity contribution in [2.75, 3.05) is 0 Å². The molecule has 1 aromatic carbocycles. The molecule has 128 valence electrons. The van der Waals surface area contributed by atoms with E-state index >= 15 is 0 Å². The van der Waals surface area contributed by atoms with Crippen molar-refractivity contribution < 1.29 is 14.7 Å². The van der Waals surface area contributed by atoms with Gasteiger partial charge in [0.1, 0.15) is 5.69 Å². The first-order chi connectivity index (χ1) is 11.6. The van der Waals surface area contributed by atoms with Crippen LogP contribution < -0.4 is 5.32 Å². The fourth-order valence-corrected chi connectivity index (χ4v) is 3.81. The van der Waals surface area contributed by atoms with Gasteiger partial charge in [0.2, 0.25) is 5.91 Å². The van der Waals surface area contributed by atoms with Gasteiger partial charge in [-0.1, -0.05) is 37.5 Å². The maximum Gasteiger partial charge on any atom is 0.352 e. The number of amides is 1. The lowest BCUT2D eigenvalue weighted by Crippen LogP contribution is -2.37. The number of aryl methyl sites for hydroxylation is 1. The van der Waals surface area contributed by atoms with E-state index in [1.165, 1.54) is 6.42 Å². The minimum absolute atomic E-state index is 0.0802. The Morgan fingerprint density at radius 3 is 2.58 bits per heavy atom. The first kappa shape index (κ1) is 16.6. The second kappa shape index (κ2) is 7.07. The van der Waals surface area contributed by atoms with Crippen LogP contribution in [0.5, 0.6) is 0 Å². The molecule has 0 radical (unpaired) electrons. The summed E-state index contributed by atoms with van der Waals surface area (Å²) in [4.78, 5) is 24.3. The van der Waals surface area contributed by atoms with Crippen molar-refractivity contribution in [2.24, 2.45) is 0 Å². The number of hydrogen-bond donors (Lipinski definition) is 2. The molecule has 1 aliphatic carbocycles. The number of benzene rings is 1. The highest BCUT2D eigenvalue weighted by molar-refractivity contribution is 6.00. The number of hydrogen-bond acceptors (Lipinski definition) is 2. The number of carbonyl (C=O) groups is 2. The second-order valence-corrected chi connectivity index (χ2v) is 6.47. The van der Waals surface area contributed by atoms with Crippen LogP contribution in [0.4, 0.5) is 0 Å². The third-order valence-corrected chi connectivity index (χ3v) is 4.90. The summed E-state index contributed by atoms with van der Waals surface area (Å²) in [5.41, 5.74) is 1.73. The number of nitrogens with zero attached hydrogens (tertiary/aromatic N) is 1. The fourth-order valence-electron chi connectivity index (χ4n) is 3.81. The Bertz CT molecular complexity index is 757. The topological polar surface area (TPSA) is 71.3 Å². The van der Waals surface area contributed by atoms with Gasteiger partial charge >= 0.3 is 5.97 Å². The second-order valence-electron chi connectivity index (χ2n) is 6.47. The van der Waals surface area contributed by atoms with E-state index in [4.69, 9.17) is 0 Å². The van der Waals surface area contributed by atoms with Crippen LogP contribution in [-0.4, -0.2) is 27.6 Å². The van der Waals surface area contributed by atoms with E-state index in [1.54, 1.807) is 4.57 Å². The first-order valence-electron chi connectivity index (χ1n) is 8.74.